The molecular weight excluding hydrogens is 368 g/mol. The maximum atomic E-state index is 13.5. The Hall–Kier alpha value is -3.67. The van der Waals surface area contributed by atoms with E-state index in [1.165, 1.54) is 25.3 Å². The summed E-state index contributed by atoms with van der Waals surface area (Å²) in [6.07, 6.45) is 0. The number of hydrogen-bond donors (Lipinski definition) is 0. The van der Waals surface area contributed by atoms with Crippen LogP contribution < -0.4 is 4.74 Å². The number of carbonyl (C=O) groups excluding carboxylic acids is 1. The van der Waals surface area contributed by atoms with Gasteiger partial charge >= 0.3 is 0 Å². The van der Waals surface area contributed by atoms with Crippen molar-refractivity contribution in [2.75, 3.05) is 13.7 Å². The summed E-state index contributed by atoms with van der Waals surface area (Å²) < 4.78 is 5.19. The molecule has 6 heteroatoms. The van der Waals surface area contributed by atoms with E-state index in [9.17, 15) is 14.9 Å². The summed E-state index contributed by atoms with van der Waals surface area (Å²) >= 11 is 0. The Labute approximate surface area is 169 Å². The number of hydrogen-bond acceptors (Lipinski definition) is 4. The van der Waals surface area contributed by atoms with Crippen molar-refractivity contribution in [2.24, 2.45) is 0 Å². The van der Waals surface area contributed by atoms with E-state index in [4.69, 9.17) is 4.74 Å². The number of benzene rings is 3. The van der Waals surface area contributed by atoms with Crippen molar-refractivity contribution in [1.29, 1.82) is 0 Å². The third-order valence-corrected chi connectivity index (χ3v) is 4.77. The highest BCUT2D eigenvalue weighted by atomic mass is 16.6. The lowest BCUT2D eigenvalue weighted by atomic mass is 9.96. The zero-order valence-corrected chi connectivity index (χ0v) is 16.3. The van der Waals surface area contributed by atoms with Gasteiger partial charge in [0.15, 0.2) is 0 Å². The third-order valence-electron chi connectivity index (χ3n) is 4.77. The predicted octanol–water partition coefficient (Wildman–Crippen LogP) is 4.86. The quantitative estimate of drug-likeness (QED) is 0.427. The van der Waals surface area contributed by atoms with Crippen LogP contribution in [-0.4, -0.2) is 29.4 Å². The van der Waals surface area contributed by atoms with Gasteiger partial charge in [-0.05, 0) is 30.2 Å². The van der Waals surface area contributed by atoms with Gasteiger partial charge in [0.2, 0.25) is 0 Å². The number of methoxy groups -OCH3 is 1. The largest absolute Gasteiger partial charge is 0.497 e. The molecule has 148 valence electrons. The van der Waals surface area contributed by atoms with Gasteiger partial charge in [-0.25, -0.2) is 0 Å². The van der Waals surface area contributed by atoms with Crippen molar-refractivity contribution in [2.45, 2.75) is 13.0 Å². The number of ether oxygens (including phenoxy) is 1. The van der Waals surface area contributed by atoms with Crippen LogP contribution in [-0.2, 0) is 0 Å². The lowest BCUT2D eigenvalue weighted by molar-refractivity contribution is -0.385. The standard InChI is InChI=1S/C23H22N2O4/c1-3-24(23(26)20-16-19(29-2)14-15-21(20)25(27)28)22(17-10-6-4-7-11-17)18-12-8-5-9-13-18/h4-16,22H,3H2,1-2H3. The second-order valence-electron chi connectivity index (χ2n) is 6.46. The second-order valence-corrected chi connectivity index (χ2v) is 6.46. The topological polar surface area (TPSA) is 72.7 Å². The first-order valence-electron chi connectivity index (χ1n) is 9.30. The highest BCUT2D eigenvalue weighted by molar-refractivity contribution is 5.99. The number of nitro groups is 1. The SMILES string of the molecule is CCN(C(=O)c1cc(OC)ccc1[N+](=O)[O-])C(c1ccccc1)c1ccccc1. The van der Waals surface area contributed by atoms with Crippen LogP contribution in [0.1, 0.15) is 34.5 Å². The van der Waals surface area contributed by atoms with Crippen LogP contribution >= 0.6 is 0 Å². The zero-order chi connectivity index (χ0) is 20.8. The van der Waals surface area contributed by atoms with Crippen molar-refractivity contribution in [1.82, 2.24) is 4.90 Å². The second kappa shape index (κ2) is 9.01. The van der Waals surface area contributed by atoms with E-state index in [-0.39, 0.29) is 17.3 Å². The van der Waals surface area contributed by atoms with Gasteiger partial charge in [-0.15, -0.1) is 0 Å². The van der Waals surface area contributed by atoms with Crippen molar-refractivity contribution < 1.29 is 14.5 Å². The van der Waals surface area contributed by atoms with Crippen molar-refractivity contribution >= 4 is 11.6 Å². The summed E-state index contributed by atoms with van der Waals surface area (Å²) in [4.78, 5) is 26.2. The molecule has 0 aliphatic carbocycles. The Kier molecular flexibility index (Phi) is 6.24. The van der Waals surface area contributed by atoms with Gasteiger partial charge < -0.3 is 9.64 Å². The average Bonchev–Trinajstić information content (AvgIpc) is 2.77. The van der Waals surface area contributed by atoms with E-state index in [0.29, 0.717) is 12.3 Å². The van der Waals surface area contributed by atoms with Crippen molar-refractivity contribution in [3.8, 4) is 5.75 Å². The summed E-state index contributed by atoms with van der Waals surface area (Å²) in [5.41, 5.74) is 1.63. The molecule has 0 unspecified atom stereocenters. The molecule has 29 heavy (non-hydrogen) atoms. The fraction of sp³-hybridized carbons (Fsp3) is 0.174. The summed E-state index contributed by atoms with van der Waals surface area (Å²) in [6, 6.07) is 23.1. The molecule has 0 heterocycles. The van der Waals surface area contributed by atoms with Crippen LogP contribution in [0.25, 0.3) is 0 Å². The Bertz CT molecular complexity index is 951. The molecule has 0 aliphatic heterocycles. The van der Waals surface area contributed by atoms with Crippen molar-refractivity contribution in [3.63, 3.8) is 0 Å². The van der Waals surface area contributed by atoms with E-state index < -0.39 is 10.8 Å². The molecule has 0 N–H and O–H groups in total. The van der Waals surface area contributed by atoms with Gasteiger partial charge in [-0.1, -0.05) is 60.7 Å². The fourth-order valence-electron chi connectivity index (χ4n) is 3.39. The molecule has 0 bridgehead atoms. The Balaban J connectivity index is 2.13. The molecule has 0 aromatic heterocycles. The molecule has 3 rings (SSSR count). The fourth-order valence-corrected chi connectivity index (χ4v) is 3.39. The number of nitrogens with zero attached hydrogens (tertiary/aromatic N) is 2. The summed E-state index contributed by atoms with van der Waals surface area (Å²) in [7, 11) is 1.46. The van der Waals surface area contributed by atoms with Crippen LogP contribution in [0, 0.1) is 10.1 Å². The molecule has 1 amide bonds. The highest BCUT2D eigenvalue weighted by Crippen LogP contribution is 2.32. The zero-order valence-electron chi connectivity index (χ0n) is 16.3. The van der Waals surface area contributed by atoms with Gasteiger partial charge in [0, 0.05) is 12.6 Å². The Morgan fingerprint density at radius 3 is 2.00 bits per heavy atom. The van der Waals surface area contributed by atoms with Crippen LogP contribution in [0.4, 0.5) is 5.69 Å². The van der Waals surface area contributed by atoms with Crippen LogP contribution in [0.5, 0.6) is 5.75 Å². The smallest absolute Gasteiger partial charge is 0.282 e. The van der Waals surface area contributed by atoms with Gasteiger partial charge in [0.1, 0.15) is 11.3 Å². The lowest BCUT2D eigenvalue weighted by Crippen LogP contribution is -2.35. The number of carbonyl (C=O) groups is 1. The minimum absolute atomic E-state index is 0.00747. The molecule has 0 saturated carbocycles. The van der Waals surface area contributed by atoms with Crippen LogP contribution in [0.15, 0.2) is 78.9 Å². The summed E-state index contributed by atoms with van der Waals surface area (Å²) in [5.74, 6) is -0.0261. The first-order chi connectivity index (χ1) is 14.1. The van der Waals surface area contributed by atoms with Gasteiger partial charge in [-0.3, -0.25) is 14.9 Å². The molecule has 0 spiro atoms. The van der Waals surface area contributed by atoms with E-state index in [1.54, 1.807) is 4.90 Å². The number of rotatable bonds is 7. The Morgan fingerprint density at radius 2 is 1.55 bits per heavy atom. The van der Waals surface area contributed by atoms with E-state index >= 15 is 0 Å². The van der Waals surface area contributed by atoms with Gasteiger partial charge in [0.25, 0.3) is 11.6 Å². The van der Waals surface area contributed by atoms with Crippen LogP contribution in [0.2, 0.25) is 0 Å². The maximum absolute atomic E-state index is 13.5. The van der Waals surface area contributed by atoms with Gasteiger partial charge in [0.05, 0.1) is 18.1 Å². The third kappa shape index (κ3) is 4.27. The first kappa shape index (κ1) is 20.1. The Morgan fingerprint density at radius 1 is 1.00 bits per heavy atom. The normalized spacial score (nSPS) is 10.6. The molecule has 0 radical (unpaired) electrons. The number of amides is 1. The molecule has 3 aromatic rings. The predicted molar refractivity (Wildman–Crippen MR) is 111 cm³/mol. The molecule has 0 saturated heterocycles. The van der Waals surface area contributed by atoms with E-state index in [0.717, 1.165) is 11.1 Å². The lowest BCUT2D eigenvalue weighted by Gasteiger charge is -2.32. The summed E-state index contributed by atoms with van der Waals surface area (Å²) in [6.45, 7) is 2.24. The molecule has 0 atom stereocenters. The minimum atomic E-state index is -0.541. The van der Waals surface area contributed by atoms with E-state index in [1.807, 2.05) is 67.6 Å². The molecule has 0 fully saturated rings. The van der Waals surface area contributed by atoms with Gasteiger partial charge in [-0.2, -0.15) is 0 Å². The minimum Gasteiger partial charge on any atom is -0.497 e. The average molecular weight is 390 g/mol. The highest BCUT2D eigenvalue weighted by Gasteiger charge is 2.31. The molecule has 3 aromatic carbocycles. The first-order valence-corrected chi connectivity index (χ1v) is 9.30. The van der Waals surface area contributed by atoms with Crippen LogP contribution in [0.3, 0.4) is 0 Å². The number of nitro benzene ring substituents is 1. The van der Waals surface area contributed by atoms with Crippen molar-refractivity contribution in [3.05, 3.63) is 106 Å². The van der Waals surface area contributed by atoms with E-state index in [2.05, 4.69) is 0 Å². The molecule has 0 aliphatic rings. The summed E-state index contributed by atoms with van der Waals surface area (Å²) in [5, 5.41) is 11.5. The monoisotopic (exact) mass is 390 g/mol. The molecule has 6 nitrogen and oxygen atoms in total. The molecular formula is C23H22N2O4. The maximum Gasteiger partial charge on any atom is 0.282 e.